The van der Waals surface area contributed by atoms with Crippen molar-refractivity contribution in [1.82, 2.24) is 0 Å². The Bertz CT molecular complexity index is 220. The summed E-state index contributed by atoms with van der Waals surface area (Å²) in [5, 5.41) is 0. The van der Waals surface area contributed by atoms with Crippen LogP contribution in [-0.4, -0.2) is 0 Å². The SMILES string of the molecule is Cc1cc2c([cH-]1)CCCC2.[Cl-].[Cl-].[Zr+3]. The van der Waals surface area contributed by atoms with E-state index in [1.807, 2.05) is 0 Å². The van der Waals surface area contributed by atoms with E-state index < -0.39 is 0 Å². The third-order valence-corrected chi connectivity index (χ3v) is 2.36. The molecular weight excluding hydrogens is 282 g/mol. The van der Waals surface area contributed by atoms with E-state index in [1.165, 1.54) is 31.2 Å². The van der Waals surface area contributed by atoms with Gasteiger partial charge in [-0.2, -0.15) is 22.8 Å². The molecule has 0 fully saturated rings. The second kappa shape index (κ2) is 7.15. The van der Waals surface area contributed by atoms with Crippen LogP contribution in [0.3, 0.4) is 0 Å². The Morgan fingerprint density at radius 1 is 1.15 bits per heavy atom. The van der Waals surface area contributed by atoms with Crippen LogP contribution >= 0.6 is 0 Å². The molecule has 1 aromatic rings. The third-order valence-electron chi connectivity index (χ3n) is 2.36. The molecule has 0 unspecified atom stereocenters. The Kier molecular flexibility index (Phi) is 8.94. The van der Waals surface area contributed by atoms with E-state index in [0.29, 0.717) is 0 Å². The maximum Gasteiger partial charge on any atom is 3.00 e. The molecule has 0 aliphatic heterocycles. The molecule has 1 radical (unpaired) electrons. The molecule has 13 heavy (non-hydrogen) atoms. The number of fused-ring (bicyclic) bond motifs is 1. The Labute approximate surface area is 112 Å². The van der Waals surface area contributed by atoms with Gasteiger partial charge in [-0.25, -0.2) is 6.07 Å². The van der Waals surface area contributed by atoms with Gasteiger partial charge in [-0.3, -0.25) is 0 Å². The number of hydrogen-bond acceptors (Lipinski definition) is 0. The van der Waals surface area contributed by atoms with Crippen molar-refractivity contribution in [3.8, 4) is 0 Å². The molecular formula is C10H13Cl2Zr. The zero-order valence-electron chi connectivity index (χ0n) is 7.74. The molecule has 1 aliphatic rings. The summed E-state index contributed by atoms with van der Waals surface area (Å²) < 4.78 is 0. The Morgan fingerprint density at radius 3 is 2.38 bits per heavy atom. The standard InChI is InChI=1S/C10H13.2ClH.Zr/c1-8-6-9-4-2-3-5-10(9)7-8;;;/h6-7H,2-5H2,1H3;2*1H;/q-1;;;+3/p-2. The van der Waals surface area contributed by atoms with E-state index in [-0.39, 0.29) is 51.0 Å². The zero-order valence-corrected chi connectivity index (χ0v) is 11.7. The van der Waals surface area contributed by atoms with E-state index in [9.17, 15) is 0 Å². The van der Waals surface area contributed by atoms with E-state index in [0.717, 1.165) is 0 Å². The van der Waals surface area contributed by atoms with Crippen LogP contribution in [0, 0.1) is 6.92 Å². The van der Waals surface area contributed by atoms with Gasteiger partial charge < -0.3 is 24.8 Å². The first kappa shape index (κ1) is 16.3. The minimum Gasteiger partial charge on any atom is -1.00 e. The molecule has 0 saturated carbocycles. The van der Waals surface area contributed by atoms with Crippen molar-refractivity contribution in [1.29, 1.82) is 0 Å². The van der Waals surface area contributed by atoms with Crippen LogP contribution in [0.25, 0.3) is 0 Å². The van der Waals surface area contributed by atoms with E-state index >= 15 is 0 Å². The van der Waals surface area contributed by atoms with E-state index in [2.05, 4.69) is 19.1 Å². The number of hydrogen-bond donors (Lipinski definition) is 0. The molecule has 0 saturated heterocycles. The molecule has 0 spiro atoms. The minimum absolute atomic E-state index is 0. The number of aryl methyl sites for hydroxylation is 3. The first-order valence-corrected chi connectivity index (χ1v) is 4.11. The molecule has 0 heterocycles. The largest absolute Gasteiger partial charge is 3.00 e. The molecule has 0 nitrogen and oxygen atoms in total. The molecule has 0 amide bonds. The van der Waals surface area contributed by atoms with Gasteiger partial charge in [0.1, 0.15) is 0 Å². The monoisotopic (exact) mass is 293 g/mol. The summed E-state index contributed by atoms with van der Waals surface area (Å²) in [6.07, 6.45) is 5.44. The molecule has 0 atom stereocenters. The number of rotatable bonds is 0. The van der Waals surface area contributed by atoms with Crippen molar-refractivity contribution in [3.63, 3.8) is 0 Å². The van der Waals surface area contributed by atoms with Gasteiger partial charge in [-0.1, -0.05) is 32.6 Å². The van der Waals surface area contributed by atoms with Crippen LogP contribution in [0.1, 0.15) is 29.5 Å². The van der Waals surface area contributed by atoms with Crippen LogP contribution in [0.4, 0.5) is 0 Å². The normalized spacial score (nSPS) is 13.0. The van der Waals surface area contributed by atoms with Crippen molar-refractivity contribution in [2.45, 2.75) is 32.6 Å². The van der Waals surface area contributed by atoms with Gasteiger partial charge in [-0.15, -0.1) is 0 Å². The van der Waals surface area contributed by atoms with Crippen molar-refractivity contribution < 1.29 is 51.0 Å². The summed E-state index contributed by atoms with van der Waals surface area (Å²) in [6, 6.07) is 4.68. The maximum atomic E-state index is 2.34. The molecule has 0 bridgehead atoms. The zero-order chi connectivity index (χ0) is 6.97. The quantitative estimate of drug-likeness (QED) is 0.438. The minimum atomic E-state index is 0. The van der Waals surface area contributed by atoms with E-state index in [4.69, 9.17) is 0 Å². The average molecular weight is 295 g/mol. The fraction of sp³-hybridized carbons (Fsp3) is 0.500. The van der Waals surface area contributed by atoms with Crippen molar-refractivity contribution in [2.75, 3.05) is 0 Å². The summed E-state index contributed by atoms with van der Waals surface area (Å²) in [6.45, 7) is 2.19. The van der Waals surface area contributed by atoms with Gasteiger partial charge in [-0.05, 0) is 0 Å². The predicted molar refractivity (Wildman–Crippen MR) is 43.4 cm³/mol. The van der Waals surface area contributed by atoms with E-state index in [1.54, 1.807) is 11.1 Å². The smallest absolute Gasteiger partial charge is 1.00 e. The molecule has 2 rings (SSSR count). The van der Waals surface area contributed by atoms with Crippen LogP contribution < -0.4 is 24.8 Å². The topological polar surface area (TPSA) is 0 Å². The fourth-order valence-electron chi connectivity index (χ4n) is 1.87. The second-order valence-electron chi connectivity index (χ2n) is 3.29. The second-order valence-corrected chi connectivity index (χ2v) is 3.29. The van der Waals surface area contributed by atoms with Gasteiger partial charge in [0.15, 0.2) is 0 Å². The number of halogens is 2. The summed E-state index contributed by atoms with van der Waals surface area (Å²) in [4.78, 5) is 0. The Hall–Kier alpha value is 0.813. The molecule has 3 heteroatoms. The summed E-state index contributed by atoms with van der Waals surface area (Å²) >= 11 is 0. The summed E-state index contributed by atoms with van der Waals surface area (Å²) in [5.74, 6) is 0. The Balaban J connectivity index is 0. The van der Waals surface area contributed by atoms with Gasteiger partial charge in [0.25, 0.3) is 0 Å². The van der Waals surface area contributed by atoms with Crippen molar-refractivity contribution in [3.05, 3.63) is 28.8 Å². The average Bonchev–Trinajstić information content (AvgIpc) is 2.27. The summed E-state index contributed by atoms with van der Waals surface area (Å²) in [7, 11) is 0. The molecule has 1 aliphatic carbocycles. The molecule has 0 N–H and O–H groups in total. The fourth-order valence-corrected chi connectivity index (χ4v) is 1.87. The first-order chi connectivity index (χ1) is 4.86. The van der Waals surface area contributed by atoms with Crippen LogP contribution in [0.15, 0.2) is 12.1 Å². The third kappa shape index (κ3) is 3.82. The maximum absolute atomic E-state index is 2.34. The van der Waals surface area contributed by atoms with Gasteiger partial charge >= 0.3 is 26.2 Å². The first-order valence-electron chi connectivity index (χ1n) is 4.11. The van der Waals surface area contributed by atoms with Gasteiger partial charge in [0.05, 0.1) is 0 Å². The van der Waals surface area contributed by atoms with Gasteiger partial charge in [0, 0.05) is 0 Å². The van der Waals surface area contributed by atoms with Gasteiger partial charge in [0.2, 0.25) is 0 Å². The van der Waals surface area contributed by atoms with Crippen molar-refractivity contribution >= 4 is 0 Å². The Morgan fingerprint density at radius 2 is 1.77 bits per heavy atom. The summed E-state index contributed by atoms with van der Waals surface area (Å²) in [5.41, 5.74) is 4.68. The molecule has 71 valence electrons. The van der Waals surface area contributed by atoms with Crippen LogP contribution in [0.2, 0.25) is 0 Å². The molecule has 0 aromatic heterocycles. The predicted octanol–water partition coefficient (Wildman–Crippen LogP) is -3.40. The molecule has 1 aromatic carbocycles. The van der Waals surface area contributed by atoms with Crippen LogP contribution in [0.5, 0.6) is 0 Å². The van der Waals surface area contributed by atoms with Crippen molar-refractivity contribution in [2.24, 2.45) is 0 Å². The van der Waals surface area contributed by atoms with Crippen LogP contribution in [-0.2, 0) is 39.0 Å².